The number of amides is 1. The van der Waals surface area contributed by atoms with Crippen molar-refractivity contribution in [1.29, 1.82) is 0 Å². The van der Waals surface area contributed by atoms with Gasteiger partial charge in [0.1, 0.15) is 6.33 Å². The highest BCUT2D eigenvalue weighted by molar-refractivity contribution is 5.91. The minimum atomic E-state index is -0.166. The number of aromatic nitrogens is 3. The molecule has 1 aromatic heterocycles. The van der Waals surface area contributed by atoms with Crippen molar-refractivity contribution in [2.75, 3.05) is 12.1 Å². The molecule has 19 heavy (non-hydrogen) atoms. The van der Waals surface area contributed by atoms with Crippen LogP contribution in [0.25, 0.3) is 0 Å². The van der Waals surface area contributed by atoms with Crippen LogP contribution in [-0.4, -0.2) is 27.5 Å². The van der Waals surface area contributed by atoms with Crippen LogP contribution in [0.1, 0.15) is 18.0 Å². The lowest BCUT2D eigenvalue weighted by atomic mass is 10.0. The third-order valence-corrected chi connectivity index (χ3v) is 3.28. The summed E-state index contributed by atoms with van der Waals surface area (Å²) in [7, 11) is 0. The van der Waals surface area contributed by atoms with Gasteiger partial charge < -0.3 is 9.47 Å². The number of nitrogens with one attached hydrogen (secondary N) is 1. The van der Waals surface area contributed by atoms with E-state index in [4.69, 9.17) is 9.47 Å². The first kappa shape index (κ1) is 10.4. The van der Waals surface area contributed by atoms with Gasteiger partial charge in [0.05, 0.1) is 12.5 Å². The third kappa shape index (κ3) is 1.55. The Morgan fingerprint density at radius 3 is 3.16 bits per heavy atom. The van der Waals surface area contributed by atoms with Gasteiger partial charge in [-0.3, -0.25) is 10.1 Å². The van der Waals surface area contributed by atoms with Gasteiger partial charge in [0.25, 0.3) is 0 Å². The maximum atomic E-state index is 11.7. The van der Waals surface area contributed by atoms with E-state index in [1.165, 1.54) is 6.33 Å². The zero-order chi connectivity index (χ0) is 12.8. The number of rotatable bonds is 1. The number of carbonyl (C=O) groups is 1. The molecule has 2 aliphatic rings. The van der Waals surface area contributed by atoms with E-state index in [0.717, 1.165) is 11.3 Å². The lowest BCUT2D eigenvalue weighted by molar-refractivity contribution is -0.117. The molecule has 0 radical (unpaired) electrons. The number of anilines is 1. The molecule has 7 heteroatoms. The van der Waals surface area contributed by atoms with Crippen molar-refractivity contribution in [2.45, 2.75) is 12.5 Å². The minimum Gasteiger partial charge on any atom is -0.454 e. The Balaban J connectivity index is 1.79. The molecule has 2 aromatic rings. The van der Waals surface area contributed by atoms with E-state index < -0.39 is 0 Å². The number of hydrogen-bond acceptors (Lipinski definition) is 5. The fourth-order valence-corrected chi connectivity index (χ4v) is 2.38. The van der Waals surface area contributed by atoms with Crippen LogP contribution in [-0.2, 0) is 4.79 Å². The second-order valence-electron chi connectivity index (χ2n) is 4.41. The highest BCUT2D eigenvalue weighted by Gasteiger charge is 2.28. The Morgan fingerprint density at radius 1 is 1.32 bits per heavy atom. The lowest BCUT2D eigenvalue weighted by Gasteiger charge is -2.23. The molecule has 4 rings (SSSR count). The zero-order valence-electron chi connectivity index (χ0n) is 9.87. The molecule has 1 aromatic carbocycles. The number of benzene rings is 1. The van der Waals surface area contributed by atoms with E-state index in [1.54, 1.807) is 4.68 Å². The SMILES string of the molecule is O=C1C[C@@H](c2ccc3c(c2)OCO3)n2ncnc2N1. The largest absolute Gasteiger partial charge is 0.454 e. The highest BCUT2D eigenvalue weighted by Crippen LogP contribution is 2.37. The Bertz CT molecular complexity index is 667. The molecule has 0 aliphatic carbocycles. The molecule has 0 bridgehead atoms. The van der Waals surface area contributed by atoms with Gasteiger partial charge in [0.15, 0.2) is 11.5 Å². The summed E-state index contributed by atoms with van der Waals surface area (Å²) >= 11 is 0. The van der Waals surface area contributed by atoms with Crippen molar-refractivity contribution in [2.24, 2.45) is 0 Å². The van der Waals surface area contributed by atoms with Crippen LogP contribution in [0.4, 0.5) is 5.95 Å². The predicted octanol–water partition coefficient (Wildman–Crippen LogP) is 0.938. The molecule has 3 heterocycles. The third-order valence-electron chi connectivity index (χ3n) is 3.28. The topological polar surface area (TPSA) is 78.3 Å². The maximum absolute atomic E-state index is 11.7. The standard InChI is InChI=1S/C12H10N4O3/c17-11-4-8(16-12(15-11)13-5-14-16)7-1-2-9-10(3-7)19-6-18-9/h1-3,5,8H,4,6H2,(H,13,14,15,17)/t8-/m0/s1. The van der Waals surface area contributed by atoms with Crippen LogP contribution in [0.3, 0.4) is 0 Å². The van der Waals surface area contributed by atoms with E-state index in [-0.39, 0.29) is 18.7 Å². The normalized spacial score (nSPS) is 20.0. The van der Waals surface area contributed by atoms with Crippen molar-refractivity contribution >= 4 is 11.9 Å². The van der Waals surface area contributed by atoms with Crippen LogP contribution in [0, 0.1) is 0 Å². The number of fused-ring (bicyclic) bond motifs is 2. The molecule has 7 nitrogen and oxygen atoms in total. The fourth-order valence-electron chi connectivity index (χ4n) is 2.38. The van der Waals surface area contributed by atoms with E-state index in [2.05, 4.69) is 15.4 Å². The quantitative estimate of drug-likeness (QED) is 0.823. The average Bonchev–Trinajstić information content (AvgIpc) is 3.04. The van der Waals surface area contributed by atoms with Gasteiger partial charge in [0, 0.05) is 0 Å². The number of ether oxygens (including phenoxy) is 2. The van der Waals surface area contributed by atoms with Gasteiger partial charge in [-0.05, 0) is 17.7 Å². The van der Waals surface area contributed by atoms with Crippen molar-refractivity contribution in [3.8, 4) is 11.5 Å². The van der Waals surface area contributed by atoms with Gasteiger partial charge in [-0.1, -0.05) is 6.07 Å². The van der Waals surface area contributed by atoms with E-state index in [1.807, 2.05) is 18.2 Å². The second kappa shape index (κ2) is 3.71. The number of hydrogen-bond donors (Lipinski definition) is 1. The first-order valence-electron chi connectivity index (χ1n) is 5.90. The molecule has 1 amide bonds. The summed E-state index contributed by atoms with van der Waals surface area (Å²) in [5.41, 5.74) is 0.950. The Labute approximate surface area is 108 Å². The van der Waals surface area contributed by atoms with Crippen molar-refractivity contribution in [3.05, 3.63) is 30.1 Å². The summed E-state index contributed by atoms with van der Waals surface area (Å²) in [4.78, 5) is 15.7. The van der Waals surface area contributed by atoms with Crippen molar-refractivity contribution in [3.63, 3.8) is 0 Å². The molecular formula is C12H10N4O3. The summed E-state index contributed by atoms with van der Waals surface area (Å²) in [6.45, 7) is 0.235. The molecule has 0 spiro atoms. The summed E-state index contributed by atoms with van der Waals surface area (Å²) in [5, 5.41) is 6.85. The van der Waals surface area contributed by atoms with E-state index >= 15 is 0 Å². The van der Waals surface area contributed by atoms with Crippen LogP contribution >= 0.6 is 0 Å². The molecular weight excluding hydrogens is 248 g/mol. The first-order chi connectivity index (χ1) is 9.31. The lowest BCUT2D eigenvalue weighted by Crippen LogP contribution is -2.29. The molecule has 96 valence electrons. The van der Waals surface area contributed by atoms with Gasteiger partial charge in [-0.25, -0.2) is 4.68 Å². The Kier molecular flexibility index (Phi) is 2.02. The minimum absolute atomic E-state index is 0.0665. The first-order valence-corrected chi connectivity index (χ1v) is 5.90. The van der Waals surface area contributed by atoms with E-state index in [0.29, 0.717) is 18.1 Å². The molecule has 1 N–H and O–H groups in total. The van der Waals surface area contributed by atoms with E-state index in [9.17, 15) is 4.79 Å². The van der Waals surface area contributed by atoms with Crippen molar-refractivity contribution in [1.82, 2.24) is 14.8 Å². The molecule has 0 fully saturated rings. The predicted molar refractivity (Wildman–Crippen MR) is 64.0 cm³/mol. The molecule has 0 saturated carbocycles. The molecule has 0 saturated heterocycles. The fraction of sp³-hybridized carbons (Fsp3) is 0.250. The average molecular weight is 258 g/mol. The van der Waals surface area contributed by atoms with Crippen molar-refractivity contribution < 1.29 is 14.3 Å². The zero-order valence-corrected chi connectivity index (χ0v) is 9.87. The molecule has 1 atom stereocenters. The van der Waals surface area contributed by atoms with Crippen LogP contribution in [0.5, 0.6) is 11.5 Å². The summed E-state index contributed by atoms with van der Waals surface area (Å²) < 4.78 is 12.3. The second-order valence-corrected chi connectivity index (χ2v) is 4.41. The summed E-state index contributed by atoms with van der Waals surface area (Å²) in [6, 6.07) is 5.49. The molecule has 2 aliphatic heterocycles. The smallest absolute Gasteiger partial charge is 0.231 e. The summed E-state index contributed by atoms with van der Waals surface area (Å²) in [6.07, 6.45) is 1.76. The van der Waals surface area contributed by atoms with Gasteiger partial charge in [-0.15, -0.1) is 0 Å². The van der Waals surface area contributed by atoms with Gasteiger partial charge in [-0.2, -0.15) is 10.1 Å². The van der Waals surface area contributed by atoms with Crippen LogP contribution in [0.15, 0.2) is 24.5 Å². The maximum Gasteiger partial charge on any atom is 0.231 e. The van der Waals surface area contributed by atoms with Gasteiger partial charge >= 0.3 is 0 Å². The Morgan fingerprint density at radius 2 is 2.21 bits per heavy atom. The van der Waals surface area contributed by atoms with Crippen LogP contribution in [0.2, 0.25) is 0 Å². The molecule has 0 unspecified atom stereocenters. The number of nitrogens with zero attached hydrogens (tertiary/aromatic N) is 3. The number of carbonyl (C=O) groups excluding carboxylic acids is 1. The van der Waals surface area contributed by atoms with Gasteiger partial charge in [0.2, 0.25) is 18.6 Å². The monoisotopic (exact) mass is 258 g/mol. The summed E-state index contributed by atoms with van der Waals surface area (Å²) in [5.74, 6) is 1.83. The Hall–Kier alpha value is -2.57. The highest BCUT2D eigenvalue weighted by atomic mass is 16.7. The van der Waals surface area contributed by atoms with Crippen LogP contribution < -0.4 is 14.8 Å².